The second-order valence-corrected chi connectivity index (χ2v) is 6.81. The molecule has 1 unspecified atom stereocenters. The van der Waals surface area contributed by atoms with Crippen LogP contribution in [0.2, 0.25) is 0 Å². The smallest absolute Gasteiger partial charge is 0.304 e. The van der Waals surface area contributed by atoms with Gasteiger partial charge in [-0.05, 0) is 18.8 Å². The average molecular weight is 278 g/mol. The van der Waals surface area contributed by atoms with E-state index in [9.17, 15) is 13.2 Å². The zero-order valence-corrected chi connectivity index (χ0v) is 11.8. The van der Waals surface area contributed by atoms with E-state index in [1.165, 1.54) is 11.4 Å². The van der Waals surface area contributed by atoms with E-state index in [0.717, 1.165) is 23.6 Å². The third-order valence-electron chi connectivity index (χ3n) is 3.31. The summed E-state index contributed by atoms with van der Waals surface area (Å²) in [5.74, 6) is -0.542. The minimum Gasteiger partial charge on any atom is -0.481 e. The number of rotatable bonds is 7. The first-order chi connectivity index (χ1) is 8.37. The predicted octanol–water partition coefficient (Wildman–Crippen LogP) is 0.760. The number of aliphatic carboxylic acids is 1. The molecular weight excluding hydrogens is 256 g/mol. The fourth-order valence-corrected chi connectivity index (χ4v) is 3.67. The molecule has 1 aliphatic heterocycles. The van der Waals surface area contributed by atoms with Gasteiger partial charge in [-0.1, -0.05) is 13.3 Å². The molecule has 7 heteroatoms. The van der Waals surface area contributed by atoms with Gasteiger partial charge in [-0.3, -0.25) is 4.79 Å². The summed E-state index contributed by atoms with van der Waals surface area (Å²) in [6.45, 7) is 3.22. The molecule has 1 aliphatic rings. The number of carbonyl (C=O) groups is 1. The minimum atomic E-state index is -3.48. The highest BCUT2D eigenvalue weighted by molar-refractivity contribution is 7.86. The van der Waals surface area contributed by atoms with Crippen molar-refractivity contribution in [1.82, 2.24) is 8.61 Å². The van der Waals surface area contributed by atoms with Crippen molar-refractivity contribution in [2.45, 2.75) is 32.6 Å². The molecule has 0 aliphatic carbocycles. The molecule has 1 N–H and O–H groups in total. The van der Waals surface area contributed by atoms with Gasteiger partial charge in [-0.2, -0.15) is 17.0 Å². The van der Waals surface area contributed by atoms with Crippen LogP contribution < -0.4 is 0 Å². The van der Waals surface area contributed by atoms with E-state index in [0.29, 0.717) is 19.0 Å². The van der Waals surface area contributed by atoms with Crippen LogP contribution in [-0.4, -0.2) is 54.8 Å². The molecule has 18 heavy (non-hydrogen) atoms. The van der Waals surface area contributed by atoms with Crippen molar-refractivity contribution >= 4 is 16.2 Å². The van der Waals surface area contributed by atoms with Gasteiger partial charge in [0.15, 0.2) is 0 Å². The van der Waals surface area contributed by atoms with Crippen LogP contribution in [0.15, 0.2) is 0 Å². The first-order valence-corrected chi connectivity index (χ1v) is 7.70. The maximum Gasteiger partial charge on any atom is 0.304 e. The minimum absolute atomic E-state index is 0.0204. The van der Waals surface area contributed by atoms with Crippen LogP contribution in [0.4, 0.5) is 0 Å². The summed E-state index contributed by atoms with van der Waals surface area (Å²) in [6, 6.07) is 0. The molecule has 0 aromatic rings. The number of hydrogen-bond acceptors (Lipinski definition) is 3. The molecule has 1 rings (SSSR count). The van der Waals surface area contributed by atoms with Crippen molar-refractivity contribution in [3.05, 3.63) is 0 Å². The molecule has 0 amide bonds. The summed E-state index contributed by atoms with van der Waals surface area (Å²) in [6.07, 6.45) is 2.85. The summed E-state index contributed by atoms with van der Waals surface area (Å²) in [5.41, 5.74) is 0. The van der Waals surface area contributed by atoms with Gasteiger partial charge in [0.05, 0.1) is 6.42 Å². The maximum atomic E-state index is 12.2. The van der Waals surface area contributed by atoms with E-state index in [1.807, 2.05) is 0 Å². The van der Waals surface area contributed by atoms with Crippen molar-refractivity contribution in [2.24, 2.45) is 5.92 Å². The summed E-state index contributed by atoms with van der Waals surface area (Å²) in [7, 11) is -2.05. The van der Waals surface area contributed by atoms with Crippen molar-refractivity contribution < 1.29 is 18.3 Å². The zero-order chi connectivity index (χ0) is 13.8. The average Bonchev–Trinajstić information content (AvgIpc) is 2.75. The number of carboxylic acids is 1. The monoisotopic (exact) mass is 278 g/mol. The highest BCUT2D eigenvalue weighted by atomic mass is 32.2. The molecular formula is C11H22N2O4S. The van der Waals surface area contributed by atoms with Crippen molar-refractivity contribution in [3.63, 3.8) is 0 Å². The Morgan fingerprint density at radius 3 is 2.72 bits per heavy atom. The first kappa shape index (κ1) is 15.4. The summed E-state index contributed by atoms with van der Waals surface area (Å²) in [5, 5.41) is 8.57. The van der Waals surface area contributed by atoms with Crippen LogP contribution in [0.3, 0.4) is 0 Å². The molecule has 0 spiro atoms. The van der Waals surface area contributed by atoms with Gasteiger partial charge in [0.25, 0.3) is 10.2 Å². The van der Waals surface area contributed by atoms with Gasteiger partial charge in [0.1, 0.15) is 0 Å². The molecule has 1 saturated heterocycles. The normalized spacial score (nSPS) is 21.6. The van der Waals surface area contributed by atoms with Crippen LogP contribution in [0.25, 0.3) is 0 Å². The van der Waals surface area contributed by atoms with Gasteiger partial charge in [-0.25, -0.2) is 0 Å². The Morgan fingerprint density at radius 2 is 2.17 bits per heavy atom. The van der Waals surface area contributed by atoms with Gasteiger partial charge in [0.2, 0.25) is 0 Å². The molecule has 0 bridgehead atoms. The largest absolute Gasteiger partial charge is 0.481 e. The van der Waals surface area contributed by atoms with Gasteiger partial charge >= 0.3 is 5.97 Å². The van der Waals surface area contributed by atoms with Crippen LogP contribution in [0.5, 0.6) is 0 Å². The third kappa shape index (κ3) is 3.93. The highest BCUT2D eigenvalue weighted by Gasteiger charge is 2.33. The molecule has 1 atom stereocenters. The Morgan fingerprint density at radius 1 is 1.50 bits per heavy atom. The van der Waals surface area contributed by atoms with Gasteiger partial charge in [0, 0.05) is 26.7 Å². The van der Waals surface area contributed by atoms with Crippen LogP contribution >= 0.6 is 0 Å². The molecule has 106 valence electrons. The summed E-state index contributed by atoms with van der Waals surface area (Å²) < 4.78 is 26.9. The number of nitrogens with zero attached hydrogens (tertiary/aromatic N) is 2. The van der Waals surface area contributed by atoms with Crippen LogP contribution in [-0.2, 0) is 15.0 Å². The fraction of sp³-hybridized carbons (Fsp3) is 0.909. The van der Waals surface area contributed by atoms with Gasteiger partial charge < -0.3 is 5.11 Å². The summed E-state index contributed by atoms with van der Waals surface area (Å²) >= 11 is 0. The van der Waals surface area contributed by atoms with Crippen molar-refractivity contribution in [1.29, 1.82) is 0 Å². The van der Waals surface area contributed by atoms with E-state index >= 15 is 0 Å². The fourth-order valence-electron chi connectivity index (χ4n) is 2.22. The lowest BCUT2D eigenvalue weighted by Crippen LogP contribution is -2.41. The lowest BCUT2D eigenvalue weighted by molar-refractivity contribution is -0.137. The van der Waals surface area contributed by atoms with Gasteiger partial charge in [-0.15, -0.1) is 0 Å². The van der Waals surface area contributed by atoms with Crippen molar-refractivity contribution in [3.8, 4) is 0 Å². The Bertz CT molecular complexity index is 383. The SMILES string of the molecule is CCCC1CCN(S(=O)(=O)N(C)CCC(=O)O)C1. The zero-order valence-electron chi connectivity index (χ0n) is 11.0. The number of hydrogen-bond donors (Lipinski definition) is 1. The molecule has 0 saturated carbocycles. The third-order valence-corrected chi connectivity index (χ3v) is 5.26. The molecule has 1 fully saturated rings. The molecule has 1 heterocycles. The summed E-state index contributed by atoms with van der Waals surface area (Å²) in [4.78, 5) is 10.5. The Balaban J connectivity index is 2.56. The quantitative estimate of drug-likeness (QED) is 0.746. The van der Waals surface area contributed by atoms with E-state index in [1.54, 1.807) is 0 Å². The Kier molecular flexibility index (Phi) is 5.55. The van der Waals surface area contributed by atoms with E-state index < -0.39 is 16.2 Å². The number of carboxylic acid groups (broad SMARTS) is 1. The van der Waals surface area contributed by atoms with E-state index in [2.05, 4.69) is 6.92 Å². The van der Waals surface area contributed by atoms with E-state index in [4.69, 9.17) is 5.11 Å². The predicted molar refractivity (Wildman–Crippen MR) is 68.4 cm³/mol. The molecule has 0 aromatic heterocycles. The topological polar surface area (TPSA) is 77.9 Å². The standard InChI is InChI=1S/C11H22N2O4S/c1-3-4-10-5-8-13(9-10)18(16,17)12(2)7-6-11(14)15/h10H,3-9H2,1-2H3,(H,14,15). The maximum absolute atomic E-state index is 12.2. The molecule has 0 radical (unpaired) electrons. The van der Waals surface area contributed by atoms with Crippen LogP contribution in [0, 0.1) is 5.92 Å². The molecule has 6 nitrogen and oxygen atoms in total. The first-order valence-electron chi connectivity index (χ1n) is 6.31. The lowest BCUT2D eigenvalue weighted by atomic mass is 10.0. The van der Waals surface area contributed by atoms with Crippen LogP contribution in [0.1, 0.15) is 32.6 Å². The van der Waals surface area contributed by atoms with Crippen molar-refractivity contribution in [2.75, 3.05) is 26.7 Å². The molecule has 0 aromatic carbocycles. The second-order valence-electron chi connectivity index (χ2n) is 4.77. The lowest BCUT2D eigenvalue weighted by Gasteiger charge is -2.23. The Labute approximate surface area is 109 Å². The van der Waals surface area contributed by atoms with E-state index in [-0.39, 0.29) is 13.0 Å². The highest BCUT2D eigenvalue weighted by Crippen LogP contribution is 2.24. The Hall–Kier alpha value is -0.660. The second kappa shape index (κ2) is 6.49.